The molecule has 1 spiro atoms. The Balaban J connectivity index is 2.14. The molecule has 0 aliphatic carbocycles. The van der Waals surface area contributed by atoms with Gasteiger partial charge in [-0.25, -0.2) is 14.7 Å². The molecule has 1 aromatic carbocycles. The van der Waals surface area contributed by atoms with E-state index in [4.69, 9.17) is 9.94 Å². The van der Waals surface area contributed by atoms with Crippen molar-refractivity contribution >= 4 is 17.8 Å². The minimum absolute atomic E-state index is 0.0774. The van der Waals surface area contributed by atoms with Crippen molar-refractivity contribution in [2.24, 2.45) is 0 Å². The minimum atomic E-state index is -1.61. The largest absolute Gasteiger partial charge is 0.480 e. The van der Waals surface area contributed by atoms with Crippen molar-refractivity contribution in [3.63, 3.8) is 0 Å². The molecule has 0 unspecified atom stereocenters. The molecule has 2 aliphatic heterocycles. The van der Waals surface area contributed by atoms with Gasteiger partial charge in [0.15, 0.2) is 11.6 Å². The van der Waals surface area contributed by atoms with Crippen LogP contribution in [0.4, 0.5) is 9.18 Å². The SMILES string of the molecule is O=C1NC(=O)[C@@]2(C[C@@H](C(=O)NO)Oc3ccc(F)cc32)N1. The van der Waals surface area contributed by atoms with Crippen molar-refractivity contribution in [2.45, 2.75) is 18.1 Å². The zero-order valence-electron chi connectivity index (χ0n) is 10.5. The van der Waals surface area contributed by atoms with Gasteiger partial charge >= 0.3 is 6.03 Å². The standard InChI is InChI=1S/C12H10FN3O5/c13-5-1-2-7-6(3-5)12(10(18)14-11(19)15-12)4-8(21-7)9(17)16-20/h1-3,8,20H,4H2,(H,16,17)(H2,14,15,18,19)/t8-,12-/m0/s1. The van der Waals surface area contributed by atoms with Gasteiger partial charge in [0.05, 0.1) is 0 Å². The van der Waals surface area contributed by atoms with E-state index in [2.05, 4.69) is 10.6 Å². The molecule has 2 heterocycles. The number of urea groups is 1. The van der Waals surface area contributed by atoms with Gasteiger partial charge in [0.2, 0.25) is 0 Å². The predicted molar refractivity (Wildman–Crippen MR) is 63.7 cm³/mol. The Morgan fingerprint density at radius 2 is 2.24 bits per heavy atom. The average Bonchev–Trinajstić information content (AvgIpc) is 2.73. The highest BCUT2D eigenvalue weighted by atomic mass is 19.1. The first-order valence-electron chi connectivity index (χ1n) is 6.00. The Morgan fingerprint density at radius 1 is 1.48 bits per heavy atom. The lowest BCUT2D eigenvalue weighted by atomic mass is 9.81. The summed E-state index contributed by atoms with van der Waals surface area (Å²) in [5.74, 6) is -2.12. The Kier molecular flexibility index (Phi) is 2.80. The molecule has 0 radical (unpaired) electrons. The van der Waals surface area contributed by atoms with Crippen LogP contribution in [0.1, 0.15) is 12.0 Å². The van der Waals surface area contributed by atoms with E-state index in [1.807, 2.05) is 0 Å². The number of halogens is 1. The van der Waals surface area contributed by atoms with Gasteiger partial charge in [-0.1, -0.05) is 0 Å². The van der Waals surface area contributed by atoms with Gasteiger partial charge < -0.3 is 10.1 Å². The Bertz CT molecular complexity index is 664. The van der Waals surface area contributed by atoms with Crippen molar-refractivity contribution in [3.05, 3.63) is 29.6 Å². The number of hydrogen-bond acceptors (Lipinski definition) is 5. The summed E-state index contributed by atoms with van der Waals surface area (Å²) in [4.78, 5) is 35.1. The summed E-state index contributed by atoms with van der Waals surface area (Å²) in [6.45, 7) is 0. The summed E-state index contributed by atoms with van der Waals surface area (Å²) in [5, 5.41) is 13.2. The lowest BCUT2D eigenvalue weighted by Gasteiger charge is -2.36. The Morgan fingerprint density at radius 3 is 2.86 bits per heavy atom. The first kappa shape index (κ1) is 13.3. The van der Waals surface area contributed by atoms with Gasteiger partial charge in [0.25, 0.3) is 11.8 Å². The summed E-state index contributed by atoms with van der Waals surface area (Å²) in [7, 11) is 0. The summed E-state index contributed by atoms with van der Waals surface area (Å²) >= 11 is 0. The van der Waals surface area contributed by atoms with Gasteiger partial charge in [-0.05, 0) is 18.2 Å². The summed E-state index contributed by atoms with van der Waals surface area (Å²) in [6, 6.07) is 2.66. The van der Waals surface area contributed by atoms with E-state index in [1.165, 1.54) is 11.5 Å². The number of amides is 4. The van der Waals surface area contributed by atoms with Crippen molar-refractivity contribution < 1.29 is 28.7 Å². The van der Waals surface area contributed by atoms with E-state index in [0.29, 0.717) is 0 Å². The monoisotopic (exact) mass is 295 g/mol. The summed E-state index contributed by atoms with van der Waals surface area (Å²) < 4.78 is 18.8. The second-order valence-electron chi connectivity index (χ2n) is 4.74. The smallest absolute Gasteiger partial charge is 0.322 e. The minimum Gasteiger partial charge on any atom is -0.480 e. The zero-order chi connectivity index (χ0) is 15.2. The molecule has 1 fully saturated rings. The molecule has 110 valence electrons. The van der Waals surface area contributed by atoms with Gasteiger partial charge in [-0.2, -0.15) is 0 Å². The highest BCUT2D eigenvalue weighted by Gasteiger charge is 2.54. The van der Waals surface area contributed by atoms with E-state index < -0.39 is 35.3 Å². The van der Waals surface area contributed by atoms with E-state index in [1.54, 1.807) is 0 Å². The van der Waals surface area contributed by atoms with Crippen molar-refractivity contribution in [1.82, 2.24) is 16.1 Å². The molecule has 2 aliphatic rings. The maximum absolute atomic E-state index is 13.5. The van der Waals surface area contributed by atoms with Crippen molar-refractivity contribution in [1.29, 1.82) is 0 Å². The number of carbonyl (C=O) groups excluding carboxylic acids is 3. The van der Waals surface area contributed by atoms with Crippen molar-refractivity contribution in [2.75, 3.05) is 0 Å². The number of carbonyl (C=O) groups is 3. The molecule has 0 saturated carbocycles. The Hall–Kier alpha value is -2.68. The van der Waals surface area contributed by atoms with Crippen LogP contribution in [-0.4, -0.2) is 29.2 Å². The normalized spacial score (nSPS) is 26.7. The van der Waals surface area contributed by atoms with Crippen molar-refractivity contribution in [3.8, 4) is 5.75 Å². The maximum atomic E-state index is 13.5. The first-order chi connectivity index (χ1) is 9.96. The molecule has 1 saturated heterocycles. The number of ether oxygens (including phenoxy) is 1. The molecule has 9 heteroatoms. The van der Waals surface area contributed by atoms with Gasteiger partial charge in [0, 0.05) is 12.0 Å². The molecular weight excluding hydrogens is 285 g/mol. The molecule has 4 amide bonds. The predicted octanol–water partition coefficient (Wildman–Crippen LogP) is -0.483. The number of hydroxylamine groups is 1. The van der Waals surface area contributed by atoms with Crippen LogP contribution < -0.4 is 20.9 Å². The van der Waals surface area contributed by atoms with Crippen LogP contribution in [0.2, 0.25) is 0 Å². The summed E-state index contributed by atoms with van der Waals surface area (Å²) in [5.41, 5.74) is -0.0620. The van der Waals surface area contributed by atoms with Gasteiger partial charge in [0.1, 0.15) is 11.6 Å². The van der Waals surface area contributed by atoms with Crippen LogP contribution in [-0.2, 0) is 15.1 Å². The lowest BCUT2D eigenvalue weighted by molar-refractivity contribution is -0.139. The van der Waals surface area contributed by atoms with Crippen LogP contribution >= 0.6 is 0 Å². The average molecular weight is 295 g/mol. The van der Waals surface area contributed by atoms with E-state index in [-0.39, 0.29) is 17.7 Å². The van der Waals surface area contributed by atoms with Crippen LogP contribution in [0.25, 0.3) is 0 Å². The number of imide groups is 1. The number of rotatable bonds is 1. The lowest BCUT2D eigenvalue weighted by Crippen LogP contribution is -2.53. The van der Waals surface area contributed by atoms with Gasteiger partial charge in [-0.15, -0.1) is 0 Å². The third kappa shape index (κ3) is 1.89. The molecule has 4 N–H and O–H groups in total. The fraction of sp³-hybridized carbons (Fsp3) is 0.250. The highest BCUT2D eigenvalue weighted by Crippen LogP contribution is 2.41. The fourth-order valence-electron chi connectivity index (χ4n) is 2.56. The molecule has 21 heavy (non-hydrogen) atoms. The summed E-state index contributed by atoms with van der Waals surface area (Å²) in [6.07, 6.45) is -1.48. The van der Waals surface area contributed by atoms with E-state index in [9.17, 15) is 18.8 Å². The first-order valence-corrected chi connectivity index (χ1v) is 6.00. The number of fused-ring (bicyclic) bond motifs is 2. The van der Waals surface area contributed by atoms with E-state index >= 15 is 0 Å². The van der Waals surface area contributed by atoms with Crippen LogP contribution in [0, 0.1) is 5.82 Å². The third-order valence-corrected chi connectivity index (χ3v) is 3.51. The van der Waals surface area contributed by atoms with E-state index in [0.717, 1.165) is 12.1 Å². The number of hydrogen-bond donors (Lipinski definition) is 4. The second kappa shape index (κ2) is 4.42. The Labute approximate surface area is 117 Å². The molecular formula is C12H10FN3O5. The molecule has 3 rings (SSSR count). The quantitative estimate of drug-likeness (QED) is 0.317. The third-order valence-electron chi connectivity index (χ3n) is 3.51. The maximum Gasteiger partial charge on any atom is 0.322 e. The molecule has 2 atom stereocenters. The number of benzene rings is 1. The molecule has 0 aromatic heterocycles. The molecule has 8 nitrogen and oxygen atoms in total. The van der Waals surface area contributed by atoms with Gasteiger partial charge in [-0.3, -0.25) is 20.1 Å². The second-order valence-corrected chi connectivity index (χ2v) is 4.74. The van der Waals surface area contributed by atoms with Crippen LogP contribution in [0.15, 0.2) is 18.2 Å². The molecule has 1 aromatic rings. The fourth-order valence-corrected chi connectivity index (χ4v) is 2.56. The zero-order valence-corrected chi connectivity index (χ0v) is 10.5. The highest BCUT2D eigenvalue weighted by molar-refractivity contribution is 6.08. The number of nitrogens with one attached hydrogen (secondary N) is 3. The van der Waals surface area contributed by atoms with Crippen LogP contribution in [0.5, 0.6) is 5.75 Å². The molecule has 0 bridgehead atoms. The topological polar surface area (TPSA) is 117 Å². The van der Waals surface area contributed by atoms with Crippen LogP contribution in [0.3, 0.4) is 0 Å².